The van der Waals surface area contributed by atoms with Crippen LogP contribution < -0.4 is 25.2 Å². The van der Waals surface area contributed by atoms with Crippen LogP contribution in [0.1, 0.15) is 66.4 Å². The Hall–Kier alpha value is -6.52. The van der Waals surface area contributed by atoms with Gasteiger partial charge in [0.2, 0.25) is 11.8 Å². The molecule has 3 aromatic carbocycles. The highest BCUT2D eigenvalue weighted by Gasteiger charge is 2.41. The number of terminal acetylenes is 1. The summed E-state index contributed by atoms with van der Waals surface area (Å²) in [5.74, 6) is 1.12. The number of likely N-dealkylation sites (N-methyl/N-ethyl adjacent to an activating group) is 1. The number of nitrogens with one attached hydrogen (secondary N) is 2. The lowest BCUT2D eigenvalue weighted by atomic mass is 9.96. The number of phenolic OH excluding ortho intramolecular Hbond substituents is 1. The Labute approximate surface area is 409 Å². The number of carbonyl (C=O) groups is 3. The molecule has 0 spiro atoms. The van der Waals surface area contributed by atoms with Crippen LogP contribution in [0.2, 0.25) is 0 Å². The van der Waals surface area contributed by atoms with Crippen LogP contribution >= 0.6 is 0 Å². The number of anilines is 2. The first-order valence-electron chi connectivity index (χ1n) is 25.0. The fourth-order valence-corrected chi connectivity index (χ4v) is 12.2. The van der Waals surface area contributed by atoms with E-state index in [0.29, 0.717) is 54.1 Å². The summed E-state index contributed by atoms with van der Waals surface area (Å²) in [6.07, 6.45) is 12.9. The summed E-state index contributed by atoms with van der Waals surface area (Å²) >= 11 is 0. The van der Waals surface area contributed by atoms with Crippen LogP contribution in [0, 0.1) is 29.9 Å². The number of likely N-dealkylation sites (tertiary alicyclic amines) is 2. The molecule has 71 heavy (non-hydrogen) atoms. The minimum absolute atomic E-state index is 0.0115. The molecular weight excluding hydrogens is 911 g/mol. The average molecular weight is 967 g/mol. The molecule has 2 aromatic heterocycles. The molecule has 3 N–H and O–H groups in total. The third-order valence-corrected chi connectivity index (χ3v) is 15.9. The normalized spacial score (nSPS) is 25.3. The van der Waals surface area contributed by atoms with Crippen molar-refractivity contribution in [3.05, 3.63) is 77.0 Å². The minimum atomic E-state index is -0.752. The number of rotatable bonds is 11. The van der Waals surface area contributed by atoms with Gasteiger partial charge in [0.25, 0.3) is 5.91 Å². The summed E-state index contributed by atoms with van der Waals surface area (Å²) in [5.41, 5.74) is 2.64. The summed E-state index contributed by atoms with van der Waals surface area (Å²) in [6, 6.07) is 11.5. The molecule has 12 rings (SSSR count). The maximum atomic E-state index is 17.1. The topological polar surface area (TPSA) is 169 Å². The predicted octanol–water partition coefficient (Wildman–Crippen LogP) is 4.58. The maximum Gasteiger partial charge on any atom is 0.319 e. The highest BCUT2D eigenvalue weighted by atomic mass is 19.1. The molecule has 7 aliphatic heterocycles. The number of piperidine rings is 2. The number of hydrogen-bond acceptors (Lipinski definition) is 14. The third kappa shape index (κ3) is 8.55. The Balaban J connectivity index is 0.667. The van der Waals surface area contributed by atoms with E-state index in [1.807, 2.05) is 12.1 Å². The summed E-state index contributed by atoms with van der Waals surface area (Å²) in [4.78, 5) is 62.4. The number of amides is 3. The number of halogens is 2. The second kappa shape index (κ2) is 18.3. The van der Waals surface area contributed by atoms with Crippen molar-refractivity contribution in [1.29, 1.82) is 0 Å². The van der Waals surface area contributed by atoms with Gasteiger partial charge in [-0.05, 0) is 92.9 Å². The van der Waals surface area contributed by atoms with E-state index in [2.05, 4.69) is 59.2 Å². The minimum Gasteiger partial charge on any atom is -0.508 e. The number of nitrogens with zero attached hydrogens (tertiary/aromatic N) is 8. The third-order valence-electron chi connectivity index (χ3n) is 15.9. The number of aromatic nitrogens is 3. The number of piperazine rings is 1. The number of pyridine rings is 1. The summed E-state index contributed by atoms with van der Waals surface area (Å²) < 4.78 is 45.3. The van der Waals surface area contributed by atoms with E-state index < -0.39 is 23.6 Å². The molecular formula is C53H56F2N10O6. The Bertz CT molecular complexity index is 3020. The predicted molar refractivity (Wildman–Crippen MR) is 261 cm³/mol. The number of aromatic hydroxyl groups is 1. The van der Waals surface area contributed by atoms with Gasteiger partial charge in [-0.15, -0.1) is 6.42 Å². The standard InChI is InChI=1S/C53H56F2N10O6/c1-3-39-43(54)9-4-30-17-36(66)19-41(46(30)39)48-47(55)49-42(20-56-48)50(64-25-32-5-6-33(26-64)57-32)60-53(59-49)70-28-35-18-38(27-61(35)2)71-37-12-14-62(15-13-37)21-29-22-63(23-29)34-7-8-40-31(16-34)24-65(52(40)69)44-10-11-45(67)58-51(44)68/h1,4,7-9,16-17,19-20,29,32-33,35,37-38,44,57,66H,5-6,10-15,18,21-28H2,2H3,(H,58,67,68)/t32?,33?,35-,38+,44?/m0/s1. The van der Waals surface area contributed by atoms with Crippen LogP contribution in [0.15, 0.2) is 48.7 Å². The van der Waals surface area contributed by atoms with Crippen LogP contribution in [0.4, 0.5) is 20.3 Å². The zero-order valence-electron chi connectivity index (χ0n) is 39.6. The number of ether oxygens (including phenoxy) is 2. The molecule has 5 atom stereocenters. The first-order valence-corrected chi connectivity index (χ1v) is 25.0. The number of carbonyl (C=O) groups excluding carboxylic acids is 3. The molecule has 3 amide bonds. The van der Waals surface area contributed by atoms with Gasteiger partial charge in [-0.25, -0.2) is 8.78 Å². The molecule has 6 fully saturated rings. The van der Waals surface area contributed by atoms with Gasteiger partial charge in [-0.3, -0.25) is 29.6 Å². The first kappa shape index (κ1) is 45.6. The van der Waals surface area contributed by atoms with Crippen molar-refractivity contribution in [3.63, 3.8) is 0 Å². The van der Waals surface area contributed by atoms with Crippen LogP contribution in [-0.4, -0.2) is 155 Å². The Morgan fingerprint density at radius 1 is 0.901 bits per heavy atom. The maximum absolute atomic E-state index is 17.1. The van der Waals surface area contributed by atoms with Gasteiger partial charge in [0.1, 0.15) is 41.2 Å². The molecule has 7 aliphatic rings. The molecule has 0 aliphatic carbocycles. The number of imide groups is 1. The highest BCUT2D eigenvalue weighted by molar-refractivity contribution is 6.06. The molecule has 5 aromatic rings. The van der Waals surface area contributed by atoms with E-state index in [1.165, 1.54) is 24.3 Å². The van der Waals surface area contributed by atoms with Gasteiger partial charge in [0.15, 0.2) is 5.82 Å². The zero-order valence-corrected chi connectivity index (χ0v) is 39.6. The second-order valence-electron chi connectivity index (χ2n) is 20.6. The Kier molecular flexibility index (Phi) is 11.7. The molecule has 3 unspecified atom stereocenters. The molecule has 0 saturated carbocycles. The monoisotopic (exact) mass is 966 g/mol. The van der Waals surface area contributed by atoms with Crippen molar-refractivity contribution in [2.75, 3.05) is 75.8 Å². The van der Waals surface area contributed by atoms with Crippen molar-refractivity contribution in [1.82, 2.24) is 40.3 Å². The van der Waals surface area contributed by atoms with Crippen molar-refractivity contribution < 1.29 is 37.7 Å². The summed E-state index contributed by atoms with van der Waals surface area (Å²) in [5, 5.41) is 17.9. The fraction of sp³-hybridized carbons (Fsp3) is 0.472. The Morgan fingerprint density at radius 3 is 2.48 bits per heavy atom. The fourth-order valence-electron chi connectivity index (χ4n) is 12.2. The van der Waals surface area contributed by atoms with E-state index in [9.17, 15) is 19.5 Å². The van der Waals surface area contributed by atoms with Crippen molar-refractivity contribution >= 4 is 50.9 Å². The van der Waals surface area contributed by atoms with E-state index in [1.54, 1.807) is 11.1 Å². The number of fused-ring (bicyclic) bond motifs is 5. The van der Waals surface area contributed by atoms with Crippen LogP contribution in [-0.2, 0) is 20.9 Å². The SMILES string of the molecule is C#Cc1c(F)ccc2cc(O)cc(-c3ncc4c(N5CC6CCC(C5)N6)nc(OC[C@@H]5C[C@@H](OC6CCN(CC7CN(c8ccc9c(c8)CN(C8CCC(=O)NC8=O)C9=O)C7)CC6)CN5C)nc4c3F)c12. The zero-order chi connectivity index (χ0) is 48.7. The van der Waals surface area contributed by atoms with Crippen molar-refractivity contribution in [2.45, 2.75) is 87.9 Å². The Morgan fingerprint density at radius 2 is 1.70 bits per heavy atom. The average Bonchev–Trinajstić information content (AvgIpc) is 4.00. The lowest BCUT2D eigenvalue weighted by Gasteiger charge is -2.44. The van der Waals surface area contributed by atoms with Crippen molar-refractivity contribution in [3.8, 4) is 35.4 Å². The van der Waals surface area contributed by atoms with Gasteiger partial charge in [0, 0.05) is 118 Å². The molecule has 9 heterocycles. The van der Waals surface area contributed by atoms with Gasteiger partial charge in [-0.1, -0.05) is 12.0 Å². The number of benzene rings is 3. The summed E-state index contributed by atoms with van der Waals surface area (Å²) in [6.45, 7) is 7.64. The lowest BCUT2D eigenvalue weighted by molar-refractivity contribution is -0.136. The summed E-state index contributed by atoms with van der Waals surface area (Å²) in [7, 11) is 2.06. The number of phenols is 1. The molecule has 2 bridgehead atoms. The van der Waals surface area contributed by atoms with Crippen LogP contribution in [0.5, 0.6) is 11.8 Å². The number of hydrogen-bond donors (Lipinski definition) is 3. The smallest absolute Gasteiger partial charge is 0.319 e. The van der Waals surface area contributed by atoms with E-state index in [4.69, 9.17) is 20.9 Å². The van der Waals surface area contributed by atoms with E-state index in [0.717, 1.165) is 82.6 Å². The first-order chi connectivity index (χ1) is 34.4. The molecule has 18 heteroatoms. The molecule has 16 nitrogen and oxygen atoms in total. The molecule has 6 saturated heterocycles. The lowest BCUT2D eigenvalue weighted by Crippen LogP contribution is -2.53. The second-order valence-corrected chi connectivity index (χ2v) is 20.6. The van der Waals surface area contributed by atoms with Gasteiger partial charge < -0.3 is 39.5 Å². The quantitative estimate of drug-likeness (QED) is 0.124. The van der Waals surface area contributed by atoms with Crippen molar-refractivity contribution in [2.24, 2.45) is 5.92 Å². The van der Waals surface area contributed by atoms with Gasteiger partial charge in [0.05, 0.1) is 23.2 Å². The largest absolute Gasteiger partial charge is 0.508 e. The molecule has 0 radical (unpaired) electrons. The van der Waals surface area contributed by atoms with E-state index >= 15 is 8.78 Å². The highest BCUT2D eigenvalue weighted by Crippen LogP contribution is 2.40. The van der Waals surface area contributed by atoms with Crippen LogP contribution in [0.3, 0.4) is 0 Å². The molecule has 368 valence electrons. The van der Waals surface area contributed by atoms with E-state index in [-0.39, 0.29) is 94.7 Å². The van der Waals surface area contributed by atoms with Crippen LogP contribution in [0.25, 0.3) is 32.9 Å². The van der Waals surface area contributed by atoms with Gasteiger partial charge >= 0.3 is 6.01 Å². The van der Waals surface area contributed by atoms with Gasteiger partial charge in [-0.2, -0.15) is 9.97 Å².